The van der Waals surface area contributed by atoms with Crippen molar-refractivity contribution in [1.29, 1.82) is 0 Å². The largest absolute Gasteiger partial charge is 0.381 e. The Morgan fingerprint density at radius 2 is 2.00 bits per heavy atom. The third-order valence-corrected chi connectivity index (χ3v) is 7.92. The van der Waals surface area contributed by atoms with Gasteiger partial charge in [0.2, 0.25) is 0 Å². The molecular formula is C22H29N5O4S. The second-order valence-electron chi connectivity index (χ2n) is 8.96. The van der Waals surface area contributed by atoms with Gasteiger partial charge in [0.05, 0.1) is 33.9 Å². The zero-order valence-corrected chi connectivity index (χ0v) is 19.4. The third-order valence-electron chi connectivity index (χ3n) is 6.38. The molecule has 0 aliphatic carbocycles. The van der Waals surface area contributed by atoms with Crippen LogP contribution < -0.4 is 5.73 Å². The van der Waals surface area contributed by atoms with Crippen molar-refractivity contribution < 1.29 is 17.9 Å². The Labute approximate surface area is 187 Å². The Balaban J connectivity index is 1.79. The van der Waals surface area contributed by atoms with Gasteiger partial charge in [0.15, 0.2) is 0 Å². The number of carbonyl (C=O) groups excluding carboxylic acids is 1. The topological polar surface area (TPSA) is 122 Å². The summed E-state index contributed by atoms with van der Waals surface area (Å²) in [5, 5.41) is 3.81. The molecule has 32 heavy (non-hydrogen) atoms. The van der Waals surface area contributed by atoms with Crippen LogP contribution in [0, 0.1) is 5.92 Å². The lowest BCUT2D eigenvalue weighted by molar-refractivity contribution is 0.0610. The predicted molar refractivity (Wildman–Crippen MR) is 120 cm³/mol. The van der Waals surface area contributed by atoms with E-state index in [4.69, 9.17) is 15.5 Å². The Hall–Kier alpha value is -2.72. The number of nitrogens with zero attached hydrogens (tertiary/aromatic N) is 4. The summed E-state index contributed by atoms with van der Waals surface area (Å²) in [5.41, 5.74) is 6.62. The molecule has 172 valence electrons. The lowest BCUT2D eigenvalue weighted by atomic mass is 9.89. The molecule has 1 aliphatic heterocycles. The molecule has 1 fully saturated rings. The first-order chi connectivity index (χ1) is 15.1. The summed E-state index contributed by atoms with van der Waals surface area (Å²) in [4.78, 5) is 16.3. The molecule has 0 spiro atoms. The van der Waals surface area contributed by atoms with Gasteiger partial charge in [-0.1, -0.05) is 20.8 Å². The van der Waals surface area contributed by atoms with Crippen molar-refractivity contribution in [2.24, 2.45) is 11.7 Å². The molecule has 0 unspecified atom stereocenters. The van der Waals surface area contributed by atoms with Gasteiger partial charge in [-0.15, -0.1) is 0 Å². The number of amides is 1. The van der Waals surface area contributed by atoms with Crippen LogP contribution in [0.4, 0.5) is 0 Å². The van der Waals surface area contributed by atoms with E-state index in [9.17, 15) is 13.2 Å². The highest BCUT2D eigenvalue weighted by molar-refractivity contribution is 7.89. The maximum atomic E-state index is 13.1. The van der Waals surface area contributed by atoms with Crippen molar-refractivity contribution in [3.05, 3.63) is 42.0 Å². The van der Waals surface area contributed by atoms with Gasteiger partial charge in [0.1, 0.15) is 5.82 Å². The minimum Gasteiger partial charge on any atom is -0.381 e. The Bertz CT molecular complexity index is 1250. The number of fused-ring (bicyclic) bond motifs is 1. The second-order valence-corrected chi connectivity index (χ2v) is 10.8. The first kappa shape index (κ1) is 22.5. The van der Waals surface area contributed by atoms with E-state index in [-0.39, 0.29) is 15.9 Å². The highest BCUT2D eigenvalue weighted by atomic mass is 32.2. The van der Waals surface area contributed by atoms with Gasteiger partial charge in [0.25, 0.3) is 15.9 Å². The molecule has 0 saturated carbocycles. The molecular weight excluding hydrogens is 430 g/mol. The van der Waals surface area contributed by atoms with Crippen molar-refractivity contribution >= 4 is 27.0 Å². The number of imidazole rings is 1. The molecule has 10 heteroatoms. The number of aromatic nitrogens is 4. The van der Waals surface area contributed by atoms with Crippen LogP contribution in [-0.2, 0) is 26.7 Å². The fraction of sp³-hybridized carbons (Fsp3) is 0.500. The number of rotatable bonds is 7. The molecule has 0 bridgehead atoms. The summed E-state index contributed by atoms with van der Waals surface area (Å²) in [5.74, 6) is 0.707. The Morgan fingerprint density at radius 3 is 2.62 bits per heavy atom. The summed E-state index contributed by atoms with van der Waals surface area (Å²) in [6.45, 7) is 8.80. The molecule has 0 radical (unpaired) electrons. The molecule has 1 aliphatic rings. The fourth-order valence-corrected chi connectivity index (χ4v) is 5.13. The van der Waals surface area contributed by atoms with Gasteiger partial charge in [-0.2, -0.15) is 17.6 Å². The van der Waals surface area contributed by atoms with Gasteiger partial charge in [-0.3, -0.25) is 4.79 Å². The molecule has 1 amide bonds. The standard InChI is InChI=1S/C22H29N5O4S/c1-4-22(2,3)21-25-18-11-17(32(29,30)27-14-16(12-24-27)20(23)28)5-6-19(18)26(21)13-15-7-9-31-10-8-15/h5-6,11-12,14-15H,4,7-10,13H2,1-3H3,(H2,23,28). The molecule has 2 N–H and O–H groups in total. The van der Waals surface area contributed by atoms with E-state index < -0.39 is 15.9 Å². The number of carbonyl (C=O) groups is 1. The van der Waals surface area contributed by atoms with Gasteiger partial charge >= 0.3 is 0 Å². The first-order valence-corrected chi connectivity index (χ1v) is 12.3. The van der Waals surface area contributed by atoms with Crippen LogP contribution in [0.1, 0.15) is 56.2 Å². The van der Waals surface area contributed by atoms with E-state index in [0.717, 1.165) is 66.8 Å². The van der Waals surface area contributed by atoms with Crippen LogP contribution in [0.5, 0.6) is 0 Å². The number of benzene rings is 1. The van der Waals surface area contributed by atoms with Crippen LogP contribution in [0.15, 0.2) is 35.5 Å². The number of nitrogens with two attached hydrogens (primary N) is 1. The smallest absolute Gasteiger partial charge is 0.283 e. The Morgan fingerprint density at radius 1 is 1.28 bits per heavy atom. The van der Waals surface area contributed by atoms with Crippen molar-refractivity contribution in [3.63, 3.8) is 0 Å². The van der Waals surface area contributed by atoms with Crippen LogP contribution in [0.25, 0.3) is 11.0 Å². The molecule has 1 aromatic carbocycles. The average Bonchev–Trinajstić information content (AvgIpc) is 3.41. The second kappa shape index (κ2) is 8.32. The summed E-state index contributed by atoms with van der Waals surface area (Å²) >= 11 is 0. The molecule has 4 rings (SSSR count). The highest BCUT2D eigenvalue weighted by Gasteiger charge is 2.29. The number of primary amides is 1. The van der Waals surface area contributed by atoms with E-state index in [1.165, 1.54) is 0 Å². The average molecular weight is 460 g/mol. The highest BCUT2D eigenvalue weighted by Crippen LogP contribution is 2.32. The lowest BCUT2D eigenvalue weighted by Gasteiger charge is -2.28. The molecule has 9 nitrogen and oxygen atoms in total. The minimum atomic E-state index is -3.98. The van der Waals surface area contributed by atoms with E-state index in [2.05, 4.69) is 30.4 Å². The molecule has 2 aromatic heterocycles. The maximum Gasteiger partial charge on any atom is 0.283 e. The lowest BCUT2D eigenvalue weighted by Crippen LogP contribution is -2.26. The van der Waals surface area contributed by atoms with Crippen molar-refractivity contribution in [1.82, 2.24) is 18.7 Å². The van der Waals surface area contributed by atoms with Crippen molar-refractivity contribution in [2.45, 2.75) is 56.9 Å². The van der Waals surface area contributed by atoms with Gasteiger partial charge in [0, 0.05) is 25.2 Å². The van der Waals surface area contributed by atoms with Crippen LogP contribution in [-0.4, -0.2) is 46.3 Å². The van der Waals surface area contributed by atoms with E-state index in [0.29, 0.717) is 11.4 Å². The van der Waals surface area contributed by atoms with E-state index in [1.54, 1.807) is 12.1 Å². The summed E-state index contributed by atoms with van der Waals surface area (Å²) < 4.78 is 34.7. The third kappa shape index (κ3) is 4.04. The molecule has 0 atom stereocenters. The minimum absolute atomic E-state index is 0.0300. The van der Waals surface area contributed by atoms with Gasteiger partial charge in [-0.05, 0) is 43.4 Å². The zero-order valence-electron chi connectivity index (χ0n) is 18.6. The monoisotopic (exact) mass is 459 g/mol. The first-order valence-electron chi connectivity index (χ1n) is 10.8. The summed E-state index contributed by atoms with van der Waals surface area (Å²) in [6, 6.07) is 4.95. The normalized spacial score (nSPS) is 16.0. The van der Waals surface area contributed by atoms with Crippen LogP contribution in [0.3, 0.4) is 0 Å². The zero-order chi connectivity index (χ0) is 23.1. The quantitative estimate of drug-likeness (QED) is 0.580. The van der Waals surface area contributed by atoms with Gasteiger partial charge in [-0.25, -0.2) is 4.98 Å². The van der Waals surface area contributed by atoms with Gasteiger partial charge < -0.3 is 15.0 Å². The molecule has 3 aromatic rings. The number of hydrogen-bond donors (Lipinski definition) is 1. The maximum absolute atomic E-state index is 13.1. The summed E-state index contributed by atoms with van der Waals surface area (Å²) in [7, 11) is -3.98. The van der Waals surface area contributed by atoms with Crippen molar-refractivity contribution in [2.75, 3.05) is 13.2 Å². The van der Waals surface area contributed by atoms with Crippen LogP contribution >= 0.6 is 0 Å². The Kier molecular flexibility index (Phi) is 5.85. The molecule has 1 saturated heterocycles. The molecule has 3 heterocycles. The number of ether oxygens (including phenoxy) is 1. The summed E-state index contributed by atoms with van der Waals surface area (Å²) in [6.07, 6.45) is 5.16. The van der Waals surface area contributed by atoms with Crippen molar-refractivity contribution in [3.8, 4) is 0 Å². The van der Waals surface area contributed by atoms with Crippen LogP contribution in [0.2, 0.25) is 0 Å². The fourth-order valence-electron chi connectivity index (χ4n) is 3.99. The number of hydrogen-bond acceptors (Lipinski definition) is 6. The van der Waals surface area contributed by atoms with E-state index >= 15 is 0 Å². The van der Waals surface area contributed by atoms with E-state index in [1.807, 2.05) is 6.07 Å². The predicted octanol–water partition coefficient (Wildman–Crippen LogP) is 2.68. The SMILES string of the molecule is CCC(C)(C)c1nc2cc(S(=O)(=O)n3cc(C(N)=O)cn3)ccc2n1CC1CCOCC1.